The Hall–Kier alpha value is -2.13. The molecule has 0 saturated heterocycles. The fraction of sp³-hybridized carbons (Fsp3) is 0.316. The van der Waals surface area contributed by atoms with Crippen LogP contribution in [-0.2, 0) is 11.2 Å². The van der Waals surface area contributed by atoms with Crippen LogP contribution in [0.4, 0.5) is 0 Å². The maximum absolute atomic E-state index is 12.2. The van der Waals surface area contributed by atoms with Crippen LogP contribution in [0.2, 0.25) is 0 Å². The van der Waals surface area contributed by atoms with Crippen molar-refractivity contribution in [2.24, 2.45) is 0 Å². The van der Waals surface area contributed by atoms with E-state index in [0.717, 1.165) is 18.5 Å². The van der Waals surface area contributed by atoms with Crippen molar-refractivity contribution < 1.29 is 4.79 Å². The van der Waals surface area contributed by atoms with Gasteiger partial charge in [0.25, 0.3) is 0 Å². The summed E-state index contributed by atoms with van der Waals surface area (Å²) in [5.74, 6) is 0.0640. The van der Waals surface area contributed by atoms with Gasteiger partial charge in [0, 0.05) is 0 Å². The van der Waals surface area contributed by atoms with Crippen LogP contribution in [0.3, 0.4) is 0 Å². The molecule has 0 bridgehead atoms. The Morgan fingerprint density at radius 3 is 2.23 bits per heavy atom. The monoisotopic (exact) mass is 296 g/mol. The van der Waals surface area contributed by atoms with Gasteiger partial charge in [0.2, 0.25) is 5.91 Å². The molecule has 0 aliphatic carbocycles. The highest BCUT2D eigenvalue weighted by Gasteiger charge is 2.15. The zero-order valence-corrected chi connectivity index (χ0v) is 13.3. The Morgan fingerprint density at radius 1 is 1.05 bits per heavy atom. The molecular formula is C19H24N2O. The van der Waals surface area contributed by atoms with Crippen LogP contribution in [0.25, 0.3) is 0 Å². The summed E-state index contributed by atoms with van der Waals surface area (Å²) in [7, 11) is 1.95. The van der Waals surface area contributed by atoms with Crippen molar-refractivity contribution in [3.8, 4) is 0 Å². The molecule has 2 aromatic carbocycles. The van der Waals surface area contributed by atoms with Gasteiger partial charge < -0.3 is 5.32 Å². The molecule has 2 rings (SSSR count). The summed E-state index contributed by atoms with van der Waals surface area (Å²) in [6.45, 7) is 3.34. The molecule has 1 amide bonds. The van der Waals surface area contributed by atoms with Crippen molar-refractivity contribution in [2.75, 3.05) is 20.1 Å². The van der Waals surface area contributed by atoms with E-state index in [-0.39, 0.29) is 11.9 Å². The summed E-state index contributed by atoms with van der Waals surface area (Å²) in [5.41, 5.74) is 2.36. The number of benzene rings is 2. The minimum atomic E-state index is 0.00126. The maximum atomic E-state index is 12.2. The SMILES string of the molecule is CCN(C)CC(=O)N[C@H](Cc1ccccc1)c1ccccc1. The lowest BCUT2D eigenvalue weighted by Gasteiger charge is -2.21. The minimum absolute atomic E-state index is 0.00126. The average molecular weight is 296 g/mol. The Labute approximate surface area is 133 Å². The third-order valence-electron chi connectivity index (χ3n) is 3.77. The first kappa shape index (κ1) is 16.2. The van der Waals surface area contributed by atoms with Gasteiger partial charge in [-0.2, -0.15) is 0 Å². The first-order valence-electron chi connectivity index (χ1n) is 7.75. The summed E-state index contributed by atoms with van der Waals surface area (Å²) < 4.78 is 0. The normalized spacial score (nSPS) is 12.1. The van der Waals surface area contributed by atoms with Crippen molar-refractivity contribution in [2.45, 2.75) is 19.4 Å². The molecule has 3 heteroatoms. The lowest BCUT2D eigenvalue weighted by Crippen LogP contribution is -2.37. The summed E-state index contributed by atoms with van der Waals surface area (Å²) in [5, 5.41) is 3.17. The number of carbonyl (C=O) groups excluding carboxylic acids is 1. The Bertz CT molecular complexity index is 569. The summed E-state index contributed by atoms with van der Waals surface area (Å²) in [6.07, 6.45) is 0.798. The first-order chi connectivity index (χ1) is 10.7. The van der Waals surface area contributed by atoms with Crippen LogP contribution < -0.4 is 5.32 Å². The largest absolute Gasteiger partial charge is 0.348 e. The second-order valence-corrected chi connectivity index (χ2v) is 5.55. The van der Waals surface area contributed by atoms with Crippen LogP contribution in [0.15, 0.2) is 60.7 Å². The lowest BCUT2D eigenvalue weighted by molar-refractivity contribution is -0.122. The molecule has 0 spiro atoms. The number of hydrogen-bond donors (Lipinski definition) is 1. The van der Waals surface area contributed by atoms with Gasteiger partial charge in [0.15, 0.2) is 0 Å². The topological polar surface area (TPSA) is 32.3 Å². The number of rotatable bonds is 7. The molecule has 1 atom stereocenters. The maximum Gasteiger partial charge on any atom is 0.234 e. The number of hydrogen-bond acceptors (Lipinski definition) is 2. The highest BCUT2D eigenvalue weighted by atomic mass is 16.2. The number of nitrogens with zero attached hydrogens (tertiary/aromatic N) is 1. The van der Waals surface area contributed by atoms with E-state index in [1.54, 1.807) is 0 Å². The van der Waals surface area contributed by atoms with Gasteiger partial charge >= 0.3 is 0 Å². The van der Waals surface area contributed by atoms with Gasteiger partial charge in [-0.15, -0.1) is 0 Å². The third-order valence-corrected chi connectivity index (χ3v) is 3.77. The van der Waals surface area contributed by atoms with E-state index in [4.69, 9.17) is 0 Å². The van der Waals surface area contributed by atoms with E-state index < -0.39 is 0 Å². The van der Waals surface area contributed by atoms with Crippen LogP contribution in [0.5, 0.6) is 0 Å². The summed E-state index contributed by atoms with van der Waals surface area (Å²) >= 11 is 0. The third kappa shape index (κ3) is 5.01. The van der Waals surface area contributed by atoms with Crippen molar-refractivity contribution in [1.82, 2.24) is 10.2 Å². The number of likely N-dealkylation sites (N-methyl/N-ethyl adjacent to an activating group) is 1. The van der Waals surface area contributed by atoms with Gasteiger partial charge in [0.1, 0.15) is 0 Å². The number of amides is 1. The molecule has 1 N–H and O–H groups in total. The molecule has 116 valence electrons. The molecule has 0 aromatic heterocycles. The van der Waals surface area contributed by atoms with Crippen molar-refractivity contribution in [1.29, 1.82) is 0 Å². The van der Waals surface area contributed by atoms with Crippen molar-refractivity contribution in [3.63, 3.8) is 0 Å². The summed E-state index contributed by atoms with van der Waals surface area (Å²) in [6, 6.07) is 20.4. The highest BCUT2D eigenvalue weighted by molar-refractivity contribution is 5.78. The molecule has 0 heterocycles. The zero-order valence-electron chi connectivity index (χ0n) is 13.3. The Balaban J connectivity index is 2.10. The molecule has 3 nitrogen and oxygen atoms in total. The Morgan fingerprint density at radius 2 is 1.64 bits per heavy atom. The zero-order chi connectivity index (χ0) is 15.8. The number of carbonyl (C=O) groups is 1. The van der Waals surface area contributed by atoms with E-state index in [9.17, 15) is 4.79 Å². The molecule has 0 aliphatic rings. The average Bonchev–Trinajstić information content (AvgIpc) is 2.56. The smallest absolute Gasteiger partial charge is 0.234 e. The van der Waals surface area contributed by atoms with Gasteiger partial charge in [-0.05, 0) is 31.1 Å². The highest BCUT2D eigenvalue weighted by Crippen LogP contribution is 2.18. The van der Waals surface area contributed by atoms with E-state index in [1.165, 1.54) is 5.56 Å². The van der Waals surface area contributed by atoms with Crippen molar-refractivity contribution in [3.05, 3.63) is 71.8 Å². The second-order valence-electron chi connectivity index (χ2n) is 5.55. The lowest BCUT2D eigenvalue weighted by atomic mass is 9.99. The minimum Gasteiger partial charge on any atom is -0.348 e. The van der Waals surface area contributed by atoms with Crippen molar-refractivity contribution >= 4 is 5.91 Å². The molecule has 0 unspecified atom stereocenters. The van der Waals surface area contributed by atoms with Crippen LogP contribution in [0.1, 0.15) is 24.1 Å². The standard InChI is InChI=1S/C19H24N2O/c1-3-21(2)15-19(22)20-18(17-12-8-5-9-13-17)14-16-10-6-4-7-11-16/h4-13,18H,3,14-15H2,1-2H3,(H,20,22)/t18-/m1/s1. The van der Waals surface area contributed by atoms with Crippen LogP contribution >= 0.6 is 0 Å². The van der Waals surface area contributed by atoms with Crippen LogP contribution in [0, 0.1) is 0 Å². The fourth-order valence-electron chi connectivity index (χ4n) is 2.38. The second kappa shape index (κ2) is 8.35. The molecule has 0 saturated carbocycles. The summed E-state index contributed by atoms with van der Waals surface area (Å²) in [4.78, 5) is 14.2. The van der Waals surface area contributed by atoms with Gasteiger partial charge in [-0.3, -0.25) is 9.69 Å². The quantitative estimate of drug-likeness (QED) is 0.852. The molecule has 0 fully saturated rings. The molecule has 0 radical (unpaired) electrons. The predicted octanol–water partition coefficient (Wildman–Crippen LogP) is 3.04. The van der Waals surface area contributed by atoms with Crippen LogP contribution in [-0.4, -0.2) is 30.9 Å². The fourth-order valence-corrected chi connectivity index (χ4v) is 2.38. The predicted molar refractivity (Wildman–Crippen MR) is 90.6 cm³/mol. The molecule has 2 aromatic rings. The molecule has 22 heavy (non-hydrogen) atoms. The Kier molecular flexibility index (Phi) is 6.16. The molecule has 0 aliphatic heterocycles. The number of nitrogens with one attached hydrogen (secondary N) is 1. The first-order valence-corrected chi connectivity index (χ1v) is 7.75. The van der Waals surface area contributed by atoms with Gasteiger partial charge in [0.05, 0.1) is 12.6 Å². The van der Waals surface area contributed by atoms with E-state index in [0.29, 0.717) is 6.54 Å². The van der Waals surface area contributed by atoms with Gasteiger partial charge in [-0.25, -0.2) is 0 Å². The van der Waals surface area contributed by atoms with Gasteiger partial charge in [-0.1, -0.05) is 67.6 Å². The van der Waals surface area contributed by atoms with E-state index in [2.05, 4.69) is 29.6 Å². The van der Waals surface area contributed by atoms with E-state index >= 15 is 0 Å². The molecular weight excluding hydrogens is 272 g/mol. The van der Waals surface area contributed by atoms with E-state index in [1.807, 2.05) is 55.3 Å².